The molecule has 3 aromatic rings. The smallest absolute Gasteiger partial charge is 0.236 e. The maximum absolute atomic E-state index is 12.8. The van der Waals surface area contributed by atoms with E-state index in [1.165, 1.54) is 5.56 Å². The van der Waals surface area contributed by atoms with Gasteiger partial charge in [-0.25, -0.2) is 0 Å². The minimum Gasteiger partial charge on any atom is -0.378 e. The van der Waals surface area contributed by atoms with Crippen molar-refractivity contribution in [3.8, 4) is 0 Å². The summed E-state index contributed by atoms with van der Waals surface area (Å²) in [5, 5.41) is 3.46. The first-order valence-corrected chi connectivity index (χ1v) is 10.3. The van der Waals surface area contributed by atoms with Gasteiger partial charge in [0.05, 0.1) is 12.6 Å². The average Bonchev–Trinajstić information content (AvgIpc) is 2.76. The van der Waals surface area contributed by atoms with Crippen LogP contribution in [-0.4, -0.2) is 38.5 Å². The number of amides is 1. The van der Waals surface area contributed by atoms with Gasteiger partial charge >= 0.3 is 0 Å². The third-order valence-electron chi connectivity index (χ3n) is 5.30. The van der Waals surface area contributed by atoms with Crippen LogP contribution >= 0.6 is 0 Å². The van der Waals surface area contributed by atoms with Crippen LogP contribution < -0.4 is 10.2 Å². The number of carbonyl (C=O) groups excluding carboxylic acids is 1. The second-order valence-corrected chi connectivity index (χ2v) is 7.95. The average molecular weight is 402 g/mol. The second-order valence-electron chi connectivity index (χ2n) is 7.95. The third kappa shape index (κ3) is 5.71. The lowest BCUT2D eigenvalue weighted by molar-refractivity contribution is -0.129. The number of carbonyl (C=O) groups is 1. The molecule has 0 aliphatic heterocycles. The summed E-state index contributed by atoms with van der Waals surface area (Å²) in [5.41, 5.74) is 5.80. The van der Waals surface area contributed by atoms with E-state index < -0.39 is 0 Å². The monoisotopic (exact) mass is 401 g/mol. The normalized spacial score (nSPS) is 11.7. The molecule has 0 unspecified atom stereocenters. The quantitative estimate of drug-likeness (QED) is 0.608. The summed E-state index contributed by atoms with van der Waals surface area (Å²) >= 11 is 0. The Kier molecular flexibility index (Phi) is 7.26. The zero-order valence-corrected chi connectivity index (χ0v) is 18.3. The van der Waals surface area contributed by atoms with Crippen molar-refractivity contribution in [3.05, 3.63) is 101 Å². The molecule has 4 nitrogen and oxygen atoms in total. The number of likely N-dealkylation sites (N-methyl/N-ethyl adjacent to an activating group) is 1. The molecule has 0 aliphatic carbocycles. The van der Waals surface area contributed by atoms with Crippen molar-refractivity contribution in [1.29, 1.82) is 0 Å². The summed E-state index contributed by atoms with van der Waals surface area (Å²) in [4.78, 5) is 16.6. The molecule has 156 valence electrons. The Morgan fingerprint density at radius 2 is 1.43 bits per heavy atom. The lowest BCUT2D eigenvalue weighted by Crippen LogP contribution is -2.37. The van der Waals surface area contributed by atoms with Crippen molar-refractivity contribution in [2.45, 2.75) is 19.5 Å². The van der Waals surface area contributed by atoms with E-state index in [-0.39, 0.29) is 18.5 Å². The van der Waals surface area contributed by atoms with Gasteiger partial charge in [0.2, 0.25) is 5.91 Å². The van der Waals surface area contributed by atoms with Gasteiger partial charge in [0, 0.05) is 33.4 Å². The molecule has 1 N–H and O–H groups in total. The van der Waals surface area contributed by atoms with Gasteiger partial charge in [0.1, 0.15) is 0 Å². The van der Waals surface area contributed by atoms with E-state index >= 15 is 0 Å². The number of hydrogen-bond acceptors (Lipinski definition) is 3. The fourth-order valence-corrected chi connectivity index (χ4v) is 3.42. The standard InChI is InChI=1S/C26H31N3O/c1-20-10-14-23(15-11-20)26(22-8-6-5-7-9-22)27-18-25(30)29(4)19-21-12-16-24(17-13-21)28(2)3/h5-17,26-27H,18-19H2,1-4H3/t26-/m0/s1. The van der Waals surface area contributed by atoms with Gasteiger partial charge in [-0.3, -0.25) is 10.1 Å². The molecular weight excluding hydrogens is 370 g/mol. The molecule has 0 saturated carbocycles. The van der Waals surface area contributed by atoms with Crippen LogP contribution in [0.5, 0.6) is 0 Å². The fourth-order valence-electron chi connectivity index (χ4n) is 3.42. The number of nitrogens with one attached hydrogen (secondary N) is 1. The molecule has 0 heterocycles. The van der Waals surface area contributed by atoms with Crippen LogP contribution in [0.1, 0.15) is 28.3 Å². The van der Waals surface area contributed by atoms with Crippen molar-refractivity contribution >= 4 is 11.6 Å². The Hall–Kier alpha value is -3.11. The number of rotatable bonds is 8. The maximum Gasteiger partial charge on any atom is 0.236 e. The molecule has 1 atom stereocenters. The molecule has 0 radical (unpaired) electrons. The fraction of sp³-hybridized carbons (Fsp3) is 0.269. The molecule has 0 saturated heterocycles. The summed E-state index contributed by atoms with van der Waals surface area (Å²) in [6.45, 7) is 2.95. The van der Waals surface area contributed by atoms with E-state index in [2.05, 4.69) is 77.8 Å². The number of benzene rings is 3. The minimum atomic E-state index is -0.0245. The van der Waals surface area contributed by atoms with E-state index in [0.717, 1.165) is 22.4 Å². The van der Waals surface area contributed by atoms with Crippen LogP contribution in [0.15, 0.2) is 78.9 Å². The highest BCUT2D eigenvalue weighted by atomic mass is 16.2. The Morgan fingerprint density at radius 3 is 2.03 bits per heavy atom. The van der Waals surface area contributed by atoms with Gasteiger partial charge in [-0.2, -0.15) is 0 Å². The molecule has 0 fully saturated rings. The van der Waals surface area contributed by atoms with Crippen molar-refractivity contribution in [3.63, 3.8) is 0 Å². The molecule has 0 spiro atoms. The molecule has 30 heavy (non-hydrogen) atoms. The minimum absolute atomic E-state index is 0.0245. The Bertz CT molecular complexity index is 934. The summed E-state index contributed by atoms with van der Waals surface area (Å²) in [6, 6.07) is 27.0. The highest BCUT2D eigenvalue weighted by Crippen LogP contribution is 2.22. The van der Waals surface area contributed by atoms with E-state index in [9.17, 15) is 4.79 Å². The Balaban J connectivity index is 1.65. The Labute approximate surface area is 180 Å². The van der Waals surface area contributed by atoms with E-state index in [1.54, 1.807) is 4.90 Å². The first-order valence-electron chi connectivity index (χ1n) is 10.3. The summed E-state index contributed by atoms with van der Waals surface area (Å²) in [5.74, 6) is 0.0692. The molecule has 3 rings (SSSR count). The van der Waals surface area contributed by atoms with Crippen LogP contribution in [0.25, 0.3) is 0 Å². The topological polar surface area (TPSA) is 35.6 Å². The van der Waals surface area contributed by atoms with Crippen molar-refractivity contribution in [2.24, 2.45) is 0 Å². The maximum atomic E-state index is 12.8. The number of aryl methyl sites for hydroxylation is 1. The van der Waals surface area contributed by atoms with Crippen LogP contribution in [0.4, 0.5) is 5.69 Å². The van der Waals surface area contributed by atoms with Crippen LogP contribution in [0.3, 0.4) is 0 Å². The zero-order valence-electron chi connectivity index (χ0n) is 18.3. The van der Waals surface area contributed by atoms with Crippen LogP contribution in [-0.2, 0) is 11.3 Å². The molecule has 0 aromatic heterocycles. The second kappa shape index (κ2) is 10.1. The molecule has 4 heteroatoms. The third-order valence-corrected chi connectivity index (χ3v) is 5.30. The number of hydrogen-bond donors (Lipinski definition) is 1. The molecular formula is C26H31N3O. The van der Waals surface area contributed by atoms with Crippen molar-refractivity contribution in [2.75, 3.05) is 32.6 Å². The van der Waals surface area contributed by atoms with Crippen LogP contribution in [0.2, 0.25) is 0 Å². The van der Waals surface area contributed by atoms with Gasteiger partial charge in [0.25, 0.3) is 0 Å². The first-order chi connectivity index (χ1) is 14.4. The number of anilines is 1. The highest BCUT2D eigenvalue weighted by molar-refractivity contribution is 5.78. The predicted octanol–water partition coefficient (Wildman–Crippen LogP) is 4.40. The van der Waals surface area contributed by atoms with Crippen molar-refractivity contribution < 1.29 is 4.79 Å². The van der Waals surface area contributed by atoms with Gasteiger partial charge in [-0.15, -0.1) is 0 Å². The lowest BCUT2D eigenvalue weighted by Gasteiger charge is -2.23. The van der Waals surface area contributed by atoms with E-state index in [1.807, 2.05) is 39.3 Å². The highest BCUT2D eigenvalue weighted by Gasteiger charge is 2.17. The SMILES string of the molecule is Cc1ccc([C@@H](NCC(=O)N(C)Cc2ccc(N(C)C)cc2)c2ccccc2)cc1. The Morgan fingerprint density at radius 1 is 0.833 bits per heavy atom. The van der Waals surface area contributed by atoms with Gasteiger partial charge in [-0.05, 0) is 35.7 Å². The predicted molar refractivity (Wildman–Crippen MR) is 125 cm³/mol. The molecule has 3 aromatic carbocycles. The lowest BCUT2D eigenvalue weighted by atomic mass is 9.98. The summed E-state index contributed by atoms with van der Waals surface area (Å²) in [6.07, 6.45) is 0. The van der Waals surface area contributed by atoms with Gasteiger partial charge in [0.15, 0.2) is 0 Å². The largest absolute Gasteiger partial charge is 0.378 e. The van der Waals surface area contributed by atoms with Crippen LogP contribution in [0, 0.1) is 6.92 Å². The zero-order chi connectivity index (χ0) is 21.5. The van der Waals surface area contributed by atoms with Gasteiger partial charge < -0.3 is 9.80 Å². The van der Waals surface area contributed by atoms with Crippen molar-refractivity contribution in [1.82, 2.24) is 10.2 Å². The van der Waals surface area contributed by atoms with E-state index in [4.69, 9.17) is 0 Å². The number of nitrogens with zero attached hydrogens (tertiary/aromatic N) is 2. The van der Waals surface area contributed by atoms with Gasteiger partial charge in [-0.1, -0.05) is 72.3 Å². The van der Waals surface area contributed by atoms with E-state index in [0.29, 0.717) is 6.54 Å². The first kappa shape index (κ1) is 21.6. The molecule has 1 amide bonds. The molecule has 0 bridgehead atoms. The summed E-state index contributed by atoms with van der Waals surface area (Å²) in [7, 11) is 5.90. The summed E-state index contributed by atoms with van der Waals surface area (Å²) < 4.78 is 0. The molecule has 0 aliphatic rings.